The van der Waals surface area contributed by atoms with Crippen LogP contribution in [-0.4, -0.2) is 25.2 Å². The van der Waals surface area contributed by atoms with Gasteiger partial charge in [-0.05, 0) is 18.6 Å². The second-order valence-electron chi connectivity index (χ2n) is 3.95. The lowest BCUT2D eigenvalue weighted by molar-refractivity contribution is 0.150. The Labute approximate surface area is 100 Å². The van der Waals surface area contributed by atoms with Gasteiger partial charge in [-0.25, -0.2) is 4.79 Å². The Morgan fingerprint density at radius 1 is 1.59 bits per heavy atom. The minimum absolute atomic E-state index is 0.337. The topological polar surface area (TPSA) is 38.8 Å². The zero-order valence-electron chi connectivity index (χ0n) is 10.0. The van der Waals surface area contributed by atoms with Crippen molar-refractivity contribution in [3.63, 3.8) is 0 Å². The second kappa shape index (κ2) is 4.49. The number of allylic oxidation sites excluding steroid dienone is 1. The normalized spacial score (nSPS) is 14.0. The molecule has 0 unspecified atom stereocenters. The summed E-state index contributed by atoms with van der Waals surface area (Å²) in [6.07, 6.45) is 2.05. The Morgan fingerprint density at radius 3 is 3.00 bits per heavy atom. The molecule has 0 saturated heterocycles. The number of hydrogen-bond donors (Lipinski definition) is 0. The Hall–Kier alpha value is -1.97. The first kappa shape index (κ1) is 11.5. The summed E-state index contributed by atoms with van der Waals surface area (Å²) in [4.78, 5) is 13.1. The van der Waals surface area contributed by atoms with Crippen LogP contribution in [-0.2, 0) is 13.0 Å². The third-order valence-electron chi connectivity index (χ3n) is 2.78. The Morgan fingerprint density at radius 2 is 2.35 bits per heavy atom. The number of rotatable bonds is 3. The Kier molecular flexibility index (Phi) is 3.04. The molecule has 0 radical (unpaired) electrons. The molecular formula is C13H15NO3. The summed E-state index contributed by atoms with van der Waals surface area (Å²) < 4.78 is 10.6. The highest BCUT2D eigenvalue weighted by molar-refractivity contribution is 5.74. The van der Waals surface area contributed by atoms with Crippen molar-refractivity contribution in [1.29, 1.82) is 0 Å². The zero-order valence-corrected chi connectivity index (χ0v) is 10.0. The van der Waals surface area contributed by atoms with Crippen molar-refractivity contribution >= 4 is 6.09 Å². The number of ether oxygens (including phenoxy) is 2. The van der Waals surface area contributed by atoms with Gasteiger partial charge in [0.05, 0.1) is 13.7 Å². The van der Waals surface area contributed by atoms with E-state index in [9.17, 15) is 4.79 Å². The van der Waals surface area contributed by atoms with Crippen molar-refractivity contribution in [3.8, 4) is 11.5 Å². The van der Waals surface area contributed by atoms with Gasteiger partial charge in [-0.1, -0.05) is 6.08 Å². The van der Waals surface area contributed by atoms with Gasteiger partial charge in [0.15, 0.2) is 0 Å². The van der Waals surface area contributed by atoms with Crippen molar-refractivity contribution in [3.05, 3.63) is 35.9 Å². The molecule has 1 aliphatic rings. The molecule has 1 aromatic rings. The van der Waals surface area contributed by atoms with E-state index in [2.05, 4.69) is 6.58 Å². The summed E-state index contributed by atoms with van der Waals surface area (Å²) in [7, 11) is 3.31. The highest BCUT2D eigenvalue weighted by atomic mass is 16.6. The second-order valence-corrected chi connectivity index (χ2v) is 3.95. The van der Waals surface area contributed by atoms with Gasteiger partial charge in [0, 0.05) is 18.2 Å². The fourth-order valence-corrected chi connectivity index (χ4v) is 1.92. The summed E-state index contributed by atoms with van der Waals surface area (Å²) in [5, 5.41) is 0. The first-order valence-corrected chi connectivity index (χ1v) is 5.40. The molecule has 1 heterocycles. The highest BCUT2D eigenvalue weighted by Gasteiger charge is 2.25. The fraction of sp³-hybridized carbons (Fsp3) is 0.308. The van der Waals surface area contributed by atoms with Gasteiger partial charge < -0.3 is 14.4 Å². The molecule has 0 aromatic heterocycles. The molecule has 0 bridgehead atoms. The van der Waals surface area contributed by atoms with Crippen LogP contribution in [0.15, 0.2) is 24.8 Å². The van der Waals surface area contributed by atoms with Crippen LogP contribution in [0.3, 0.4) is 0 Å². The van der Waals surface area contributed by atoms with Crippen LogP contribution in [0.1, 0.15) is 11.1 Å². The predicted octanol–water partition coefficient (Wildman–Crippen LogP) is 2.37. The molecule has 0 aliphatic carbocycles. The van der Waals surface area contributed by atoms with E-state index >= 15 is 0 Å². The van der Waals surface area contributed by atoms with Crippen LogP contribution in [0.2, 0.25) is 0 Å². The van der Waals surface area contributed by atoms with Gasteiger partial charge >= 0.3 is 6.09 Å². The molecule has 1 aromatic carbocycles. The molecule has 4 heteroatoms. The van der Waals surface area contributed by atoms with Crippen LogP contribution in [0, 0.1) is 0 Å². The van der Waals surface area contributed by atoms with E-state index in [0.717, 1.165) is 16.9 Å². The molecule has 0 spiro atoms. The SMILES string of the molecule is C=CCc1c(OC)ccc2c1OC(=O)N(C)C2. The maximum atomic E-state index is 11.5. The van der Waals surface area contributed by atoms with Crippen LogP contribution >= 0.6 is 0 Å². The van der Waals surface area contributed by atoms with Crippen LogP contribution in [0.25, 0.3) is 0 Å². The lowest BCUT2D eigenvalue weighted by Crippen LogP contribution is -2.34. The van der Waals surface area contributed by atoms with Crippen LogP contribution < -0.4 is 9.47 Å². The Balaban J connectivity index is 2.52. The van der Waals surface area contributed by atoms with Gasteiger partial charge in [-0.3, -0.25) is 0 Å². The number of benzene rings is 1. The van der Waals surface area contributed by atoms with E-state index in [1.54, 1.807) is 20.2 Å². The van der Waals surface area contributed by atoms with E-state index in [1.165, 1.54) is 4.90 Å². The van der Waals surface area contributed by atoms with Gasteiger partial charge in [-0.15, -0.1) is 6.58 Å². The van der Waals surface area contributed by atoms with Crippen molar-refractivity contribution in [1.82, 2.24) is 4.90 Å². The molecule has 0 atom stereocenters. The monoisotopic (exact) mass is 233 g/mol. The van der Waals surface area contributed by atoms with Crippen LogP contribution in [0.5, 0.6) is 11.5 Å². The minimum Gasteiger partial charge on any atom is -0.496 e. The molecule has 0 saturated carbocycles. The zero-order chi connectivity index (χ0) is 12.4. The maximum absolute atomic E-state index is 11.5. The molecule has 17 heavy (non-hydrogen) atoms. The first-order valence-electron chi connectivity index (χ1n) is 5.40. The third kappa shape index (κ3) is 1.98. The first-order chi connectivity index (χ1) is 8.17. The van der Waals surface area contributed by atoms with Crippen molar-refractivity contribution in [2.75, 3.05) is 14.2 Å². The Bertz CT molecular complexity index is 468. The molecule has 90 valence electrons. The lowest BCUT2D eigenvalue weighted by Gasteiger charge is -2.26. The van der Waals surface area contributed by atoms with Gasteiger partial charge in [0.25, 0.3) is 0 Å². The van der Waals surface area contributed by atoms with E-state index < -0.39 is 0 Å². The summed E-state index contributed by atoms with van der Waals surface area (Å²) >= 11 is 0. The number of carbonyl (C=O) groups is 1. The molecule has 0 N–H and O–H groups in total. The van der Waals surface area contributed by atoms with E-state index in [1.807, 2.05) is 12.1 Å². The van der Waals surface area contributed by atoms with Crippen LogP contribution in [0.4, 0.5) is 4.79 Å². The standard InChI is InChI=1S/C13H15NO3/c1-4-5-10-11(16-3)7-6-9-8-14(2)13(15)17-12(9)10/h4,6-7H,1,5,8H2,2-3H3. The summed E-state index contributed by atoms with van der Waals surface area (Å²) in [5.74, 6) is 1.34. The molecule has 2 rings (SSSR count). The molecule has 1 aliphatic heterocycles. The number of amides is 1. The fourth-order valence-electron chi connectivity index (χ4n) is 1.92. The average molecular weight is 233 g/mol. The quantitative estimate of drug-likeness (QED) is 0.752. The lowest BCUT2D eigenvalue weighted by atomic mass is 10.0. The van der Waals surface area contributed by atoms with Gasteiger partial charge in [0.2, 0.25) is 0 Å². The largest absolute Gasteiger partial charge is 0.496 e. The molecule has 1 amide bonds. The van der Waals surface area contributed by atoms with Gasteiger partial charge in [0.1, 0.15) is 11.5 Å². The molecule has 4 nitrogen and oxygen atoms in total. The third-order valence-corrected chi connectivity index (χ3v) is 2.78. The smallest absolute Gasteiger partial charge is 0.415 e. The van der Waals surface area contributed by atoms with E-state index in [-0.39, 0.29) is 6.09 Å². The highest BCUT2D eigenvalue weighted by Crippen LogP contribution is 2.36. The van der Waals surface area contributed by atoms with Crippen molar-refractivity contribution in [2.45, 2.75) is 13.0 Å². The van der Waals surface area contributed by atoms with E-state index in [0.29, 0.717) is 18.7 Å². The maximum Gasteiger partial charge on any atom is 0.415 e. The minimum atomic E-state index is -0.337. The number of methoxy groups -OCH3 is 1. The average Bonchev–Trinajstić information content (AvgIpc) is 2.32. The van der Waals surface area contributed by atoms with Crippen molar-refractivity contribution < 1.29 is 14.3 Å². The predicted molar refractivity (Wildman–Crippen MR) is 64.4 cm³/mol. The summed E-state index contributed by atoms with van der Waals surface area (Å²) in [6, 6.07) is 3.81. The summed E-state index contributed by atoms with van der Waals surface area (Å²) in [5.41, 5.74) is 1.87. The van der Waals surface area contributed by atoms with E-state index in [4.69, 9.17) is 9.47 Å². The molecular weight excluding hydrogens is 218 g/mol. The number of hydrogen-bond acceptors (Lipinski definition) is 3. The van der Waals surface area contributed by atoms with Gasteiger partial charge in [-0.2, -0.15) is 0 Å². The number of nitrogens with zero attached hydrogens (tertiary/aromatic N) is 1. The summed E-state index contributed by atoms with van der Waals surface area (Å²) in [6.45, 7) is 4.27. The number of carbonyl (C=O) groups excluding carboxylic acids is 1. The van der Waals surface area contributed by atoms with Crippen molar-refractivity contribution in [2.24, 2.45) is 0 Å². The molecule has 0 fully saturated rings. The number of fused-ring (bicyclic) bond motifs is 1.